The predicted octanol–water partition coefficient (Wildman–Crippen LogP) is 7.04. The van der Waals surface area contributed by atoms with Gasteiger partial charge in [-0.3, -0.25) is 18.9 Å². The maximum Gasteiger partial charge on any atom is 0.441 e. The number of halogens is 1. The molecule has 0 radical (unpaired) electrons. The predicted molar refractivity (Wildman–Crippen MR) is 188 cm³/mol. The third-order valence-electron chi connectivity index (χ3n) is 10.4. The SMILES string of the molecule is COc1cccc2c1CC[C@H]2Nc1nccc2cc(-c3c4c(nc(CCc5ccc(F)cc5)c3-c3noc(=O)n3C)[C@H]3CCCN3C4=O)sc12. The van der Waals surface area contributed by atoms with E-state index in [1.807, 2.05) is 23.1 Å². The van der Waals surface area contributed by atoms with Gasteiger partial charge in [-0.1, -0.05) is 29.4 Å². The molecule has 1 amide bonds. The first-order chi connectivity index (χ1) is 24.4. The molecule has 1 N–H and O–H groups in total. The zero-order valence-corrected chi connectivity index (χ0v) is 28.3. The van der Waals surface area contributed by atoms with Crippen molar-refractivity contribution in [3.8, 4) is 27.6 Å². The van der Waals surface area contributed by atoms with Gasteiger partial charge in [0, 0.05) is 30.2 Å². The summed E-state index contributed by atoms with van der Waals surface area (Å²) >= 11 is 1.56. The highest BCUT2D eigenvalue weighted by Gasteiger charge is 2.45. The van der Waals surface area contributed by atoms with E-state index in [1.165, 1.54) is 27.8 Å². The summed E-state index contributed by atoms with van der Waals surface area (Å²) in [4.78, 5) is 39.7. The average Bonchev–Trinajstić information content (AvgIpc) is 3.96. The number of thiophene rings is 1. The van der Waals surface area contributed by atoms with Gasteiger partial charge < -0.3 is 15.0 Å². The van der Waals surface area contributed by atoms with Gasteiger partial charge in [0.2, 0.25) is 0 Å². The molecule has 9 rings (SSSR count). The molecular weight excluding hydrogens is 656 g/mol. The number of carbonyl (C=O) groups excluding carboxylic acids is 1. The van der Waals surface area contributed by atoms with E-state index in [4.69, 9.17) is 19.2 Å². The number of amides is 1. The Balaban J connectivity index is 1.22. The molecule has 6 aromatic rings. The molecular formula is C38H33FN6O4S. The number of aryl methyl sites for hydroxylation is 2. The molecule has 0 spiro atoms. The summed E-state index contributed by atoms with van der Waals surface area (Å²) in [5.74, 6) is 1.01. The van der Waals surface area contributed by atoms with Gasteiger partial charge in [-0.2, -0.15) is 0 Å². The summed E-state index contributed by atoms with van der Waals surface area (Å²) in [6.45, 7) is 0.667. The van der Waals surface area contributed by atoms with Gasteiger partial charge in [-0.25, -0.2) is 14.2 Å². The summed E-state index contributed by atoms with van der Waals surface area (Å²) in [6.07, 6.45) is 6.43. The Morgan fingerprint density at radius 2 is 1.92 bits per heavy atom. The van der Waals surface area contributed by atoms with Gasteiger partial charge in [0.15, 0.2) is 5.82 Å². The molecule has 3 aliphatic rings. The fourth-order valence-electron chi connectivity index (χ4n) is 7.95. The number of pyridine rings is 2. The standard InChI is InChI=1S/C38H33FN6O4S/c1-44-36(43-49-38(44)47)30-26(14-10-20-8-11-22(39)12-9-20)41-33-27-6-4-18-45(27)37(46)32(33)31(30)29-19-21-16-17-40-35(34(21)50-29)42-25-15-13-24-23(25)5-3-7-28(24)48-2/h3,5,7-9,11-12,16-17,19,25,27H,4,6,10,13-15,18H2,1-2H3,(H,40,42)/t25-,27-/m1/s1. The van der Waals surface area contributed by atoms with Crippen LogP contribution in [0.4, 0.5) is 10.2 Å². The Kier molecular flexibility index (Phi) is 7.30. The second kappa shape index (κ2) is 11.9. The van der Waals surface area contributed by atoms with Crippen LogP contribution in [-0.2, 0) is 26.3 Å². The van der Waals surface area contributed by atoms with E-state index in [2.05, 4.69) is 22.6 Å². The average molecular weight is 689 g/mol. The van der Waals surface area contributed by atoms with Crippen molar-refractivity contribution in [2.45, 2.75) is 50.6 Å². The summed E-state index contributed by atoms with van der Waals surface area (Å²) in [5.41, 5.74) is 6.69. The van der Waals surface area contributed by atoms with Gasteiger partial charge in [-0.05, 0) is 90.9 Å². The van der Waals surface area contributed by atoms with Crippen LogP contribution < -0.4 is 15.8 Å². The Labute approximate surface area is 290 Å². The number of rotatable bonds is 8. The Morgan fingerprint density at radius 1 is 1.06 bits per heavy atom. The van der Waals surface area contributed by atoms with Crippen LogP contribution in [0.1, 0.15) is 69.8 Å². The summed E-state index contributed by atoms with van der Waals surface area (Å²) in [6, 6.07) is 16.6. The third-order valence-corrected chi connectivity index (χ3v) is 11.5. The molecule has 2 aromatic carbocycles. The van der Waals surface area contributed by atoms with Crippen molar-refractivity contribution in [1.29, 1.82) is 0 Å². The molecule has 6 heterocycles. The minimum Gasteiger partial charge on any atom is -0.496 e. The fourth-order valence-corrected chi connectivity index (χ4v) is 9.12. The van der Waals surface area contributed by atoms with Gasteiger partial charge in [0.05, 0.1) is 46.4 Å². The summed E-state index contributed by atoms with van der Waals surface area (Å²) in [5, 5.41) is 8.93. The molecule has 1 aliphatic carbocycles. The first-order valence-corrected chi connectivity index (χ1v) is 17.7. The van der Waals surface area contributed by atoms with E-state index in [-0.39, 0.29) is 23.8 Å². The maximum absolute atomic E-state index is 14.3. The first kappa shape index (κ1) is 30.7. The molecule has 0 bridgehead atoms. The minimum atomic E-state index is -0.608. The molecule has 1 saturated heterocycles. The lowest BCUT2D eigenvalue weighted by Crippen LogP contribution is -2.23. The van der Waals surface area contributed by atoms with E-state index < -0.39 is 5.76 Å². The van der Waals surface area contributed by atoms with E-state index in [1.54, 1.807) is 43.8 Å². The molecule has 2 aliphatic heterocycles. The lowest BCUT2D eigenvalue weighted by Gasteiger charge is -2.17. The Bertz CT molecular complexity index is 2380. The number of nitrogens with one attached hydrogen (secondary N) is 1. The van der Waals surface area contributed by atoms with Crippen LogP contribution in [0, 0.1) is 5.82 Å². The molecule has 0 saturated carbocycles. The number of methoxy groups -OCH3 is 1. The number of hydrogen-bond donors (Lipinski definition) is 1. The van der Waals surface area contributed by atoms with E-state index >= 15 is 0 Å². The van der Waals surface area contributed by atoms with Crippen LogP contribution in [0.2, 0.25) is 0 Å². The maximum atomic E-state index is 14.3. The minimum absolute atomic E-state index is 0.0599. The number of ether oxygens (including phenoxy) is 1. The Hall–Kier alpha value is -5.36. The molecule has 0 unspecified atom stereocenters. The summed E-state index contributed by atoms with van der Waals surface area (Å²) in [7, 11) is 3.32. The molecule has 1 fully saturated rings. The van der Waals surface area contributed by atoms with Crippen molar-refractivity contribution in [3.05, 3.63) is 111 Å². The first-order valence-electron chi connectivity index (χ1n) is 16.9. The van der Waals surface area contributed by atoms with Crippen molar-refractivity contribution >= 4 is 33.1 Å². The van der Waals surface area contributed by atoms with Gasteiger partial charge in [-0.15, -0.1) is 11.3 Å². The van der Waals surface area contributed by atoms with Crippen molar-refractivity contribution in [2.24, 2.45) is 7.05 Å². The number of benzene rings is 2. The second-order valence-corrected chi connectivity index (χ2v) is 14.2. The van der Waals surface area contributed by atoms with E-state index in [0.29, 0.717) is 47.6 Å². The normalized spacial score (nSPS) is 17.7. The number of hydrogen-bond acceptors (Lipinski definition) is 9. The smallest absolute Gasteiger partial charge is 0.441 e. The molecule has 50 heavy (non-hydrogen) atoms. The topological polar surface area (TPSA) is 115 Å². The highest BCUT2D eigenvalue weighted by atomic mass is 32.1. The number of nitrogens with zero attached hydrogens (tertiary/aromatic N) is 5. The van der Waals surface area contributed by atoms with E-state index in [0.717, 1.165) is 63.5 Å². The van der Waals surface area contributed by atoms with Crippen LogP contribution in [0.25, 0.3) is 31.9 Å². The number of carbonyl (C=O) groups is 1. The largest absolute Gasteiger partial charge is 0.496 e. The van der Waals surface area contributed by atoms with Gasteiger partial charge in [0.1, 0.15) is 17.4 Å². The monoisotopic (exact) mass is 688 g/mol. The van der Waals surface area contributed by atoms with E-state index in [9.17, 15) is 14.0 Å². The molecule has 4 aromatic heterocycles. The highest BCUT2D eigenvalue weighted by Crippen LogP contribution is 2.50. The van der Waals surface area contributed by atoms with Crippen molar-refractivity contribution in [1.82, 2.24) is 24.6 Å². The molecule has 12 heteroatoms. The van der Waals surface area contributed by atoms with Crippen molar-refractivity contribution in [2.75, 3.05) is 19.0 Å². The number of fused-ring (bicyclic) bond motifs is 5. The van der Waals surface area contributed by atoms with Crippen LogP contribution in [0.15, 0.2) is 70.1 Å². The fraction of sp³-hybridized carbons (Fsp3) is 0.289. The highest BCUT2D eigenvalue weighted by molar-refractivity contribution is 7.23. The van der Waals surface area contributed by atoms with Crippen LogP contribution >= 0.6 is 11.3 Å². The van der Waals surface area contributed by atoms with Gasteiger partial charge in [0.25, 0.3) is 5.91 Å². The van der Waals surface area contributed by atoms with Crippen molar-refractivity contribution in [3.63, 3.8) is 0 Å². The molecule has 2 atom stereocenters. The lowest BCUT2D eigenvalue weighted by atomic mass is 9.92. The van der Waals surface area contributed by atoms with Crippen LogP contribution in [0.5, 0.6) is 5.75 Å². The second-order valence-electron chi connectivity index (χ2n) is 13.1. The number of anilines is 1. The third kappa shape index (κ3) is 4.84. The quantitative estimate of drug-likeness (QED) is 0.181. The van der Waals surface area contributed by atoms with Crippen LogP contribution in [-0.4, -0.2) is 44.2 Å². The molecule has 252 valence electrons. The Morgan fingerprint density at radius 3 is 2.72 bits per heavy atom. The van der Waals surface area contributed by atoms with Gasteiger partial charge >= 0.3 is 5.76 Å². The lowest BCUT2D eigenvalue weighted by molar-refractivity contribution is 0.0776. The number of aromatic nitrogens is 4. The van der Waals surface area contributed by atoms with Crippen LogP contribution in [0.3, 0.4) is 0 Å². The molecule has 10 nitrogen and oxygen atoms in total. The zero-order valence-electron chi connectivity index (χ0n) is 27.5. The summed E-state index contributed by atoms with van der Waals surface area (Å²) < 4.78 is 26.9. The zero-order chi connectivity index (χ0) is 34.1. The van der Waals surface area contributed by atoms with Crippen molar-refractivity contribution < 1.29 is 18.4 Å².